The SMILES string of the molecule is CCCCCCCCCCCCP.[H-].[Na+]. The molecule has 0 fully saturated rings. The molecule has 0 saturated heterocycles. The monoisotopic (exact) mass is 226 g/mol. The molecule has 0 saturated carbocycles. The average Bonchev–Trinajstić information content (AvgIpc) is 2.16. The number of rotatable bonds is 10. The zero-order chi connectivity index (χ0) is 9.78. The molecule has 0 aliphatic heterocycles. The Balaban J connectivity index is -0.000000720. The fourth-order valence-electron chi connectivity index (χ4n) is 1.63. The Hall–Kier alpha value is 1.43. The van der Waals surface area contributed by atoms with Gasteiger partial charge < -0.3 is 1.43 Å². The van der Waals surface area contributed by atoms with Crippen LogP contribution in [-0.2, 0) is 0 Å². The van der Waals surface area contributed by atoms with E-state index in [1.165, 1.54) is 70.4 Å². The topological polar surface area (TPSA) is 0 Å². The zero-order valence-electron chi connectivity index (χ0n) is 11.4. The molecule has 0 radical (unpaired) electrons. The number of hydrogen-bond donors (Lipinski definition) is 0. The largest absolute Gasteiger partial charge is 1.00 e. The van der Waals surface area contributed by atoms with E-state index in [0.717, 1.165) is 0 Å². The van der Waals surface area contributed by atoms with E-state index in [9.17, 15) is 0 Å². The summed E-state index contributed by atoms with van der Waals surface area (Å²) in [5, 5.41) is 0. The third kappa shape index (κ3) is 15.9. The van der Waals surface area contributed by atoms with Crippen LogP contribution >= 0.6 is 9.24 Å². The van der Waals surface area contributed by atoms with Crippen LogP contribution in [0.5, 0.6) is 0 Å². The molecule has 0 heterocycles. The zero-order valence-corrected chi connectivity index (χ0v) is 13.5. The van der Waals surface area contributed by atoms with Gasteiger partial charge in [0.1, 0.15) is 0 Å². The van der Waals surface area contributed by atoms with Crippen molar-refractivity contribution in [1.82, 2.24) is 0 Å². The number of unbranched alkanes of at least 4 members (excludes halogenated alkanes) is 9. The fourth-order valence-corrected chi connectivity index (χ4v) is 1.92. The smallest absolute Gasteiger partial charge is 1.00 e. The normalized spacial score (nSPS) is 9.86. The van der Waals surface area contributed by atoms with Crippen LogP contribution in [0.2, 0.25) is 0 Å². The van der Waals surface area contributed by atoms with Gasteiger partial charge in [0.05, 0.1) is 0 Å². The molecule has 1 unspecified atom stereocenters. The first-order valence-electron chi connectivity index (χ1n) is 6.12. The van der Waals surface area contributed by atoms with Gasteiger partial charge in [0, 0.05) is 0 Å². The predicted octanol–water partition coefficient (Wildman–Crippen LogP) is 1.90. The van der Waals surface area contributed by atoms with E-state index >= 15 is 0 Å². The van der Waals surface area contributed by atoms with Crippen molar-refractivity contribution in [3.63, 3.8) is 0 Å². The van der Waals surface area contributed by atoms with Gasteiger partial charge in [-0.2, -0.15) is 0 Å². The summed E-state index contributed by atoms with van der Waals surface area (Å²) in [6, 6.07) is 0. The Morgan fingerprint density at radius 2 is 1.07 bits per heavy atom. The van der Waals surface area contributed by atoms with E-state index < -0.39 is 0 Å². The average molecular weight is 226 g/mol. The molecule has 0 aliphatic carbocycles. The summed E-state index contributed by atoms with van der Waals surface area (Å²) in [4.78, 5) is 0. The van der Waals surface area contributed by atoms with Gasteiger partial charge in [-0.05, 0) is 12.6 Å². The van der Waals surface area contributed by atoms with Crippen LogP contribution < -0.4 is 29.6 Å². The molecule has 0 rings (SSSR count). The molecule has 2 heteroatoms. The van der Waals surface area contributed by atoms with Crippen LogP contribution in [0.4, 0.5) is 0 Å². The second kappa shape index (κ2) is 16.8. The van der Waals surface area contributed by atoms with Gasteiger partial charge in [0.2, 0.25) is 0 Å². The van der Waals surface area contributed by atoms with Crippen LogP contribution in [-0.4, -0.2) is 6.16 Å². The van der Waals surface area contributed by atoms with E-state index in [2.05, 4.69) is 16.2 Å². The molecular weight excluding hydrogens is 198 g/mol. The molecule has 0 bridgehead atoms. The summed E-state index contributed by atoms with van der Waals surface area (Å²) in [5.41, 5.74) is 0. The van der Waals surface area contributed by atoms with Crippen LogP contribution in [0.15, 0.2) is 0 Å². The summed E-state index contributed by atoms with van der Waals surface area (Å²) in [6.45, 7) is 2.28. The van der Waals surface area contributed by atoms with Crippen molar-refractivity contribution < 1.29 is 31.0 Å². The Labute approximate surface area is 117 Å². The molecule has 0 aromatic rings. The Bertz CT molecular complexity index is 81.7. The van der Waals surface area contributed by atoms with Crippen molar-refractivity contribution in [2.45, 2.75) is 71.1 Å². The molecule has 0 aromatic carbocycles. The van der Waals surface area contributed by atoms with Gasteiger partial charge in [0.25, 0.3) is 0 Å². The summed E-state index contributed by atoms with van der Waals surface area (Å²) < 4.78 is 0. The first-order valence-corrected chi connectivity index (χ1v) is 6.93. The van der Waals surface area contributed by atoms with Gasteiger partial charge in [-0.15, -0.1) is 9.24 Å². The predicted molar refractivity (Wildman–Crippen MR) is 67.5 cm³/mol. The maximum absolute atomic E-state index is 2.81. The summed E-state index contributed by atoms with van der Waals surface area (Å²) in [7, 11) is 2.81. The fraction of sp³-hybridized carbons (Fsp3) is 1.00. The van der Waals surface area contributed by atoms with Crippen molar-refractivity contribution in [1.29, 1.82) is 0 Å². The van der Waals surface area contributed by atoms with Gasteiger partial charge in [-0.3, -0.25) is 0 Å². The van der Waals surface area contributed by atoms with Crippen molar-refractivity contribution in [3.05, 3.63) is 0 Å². The third-order valence-electron chi connectivity index (χ3n) is 2.56. The number of hydrogen-bond acceptors (Lipinski definition) is 0. The van der Waals surface area contributed by atoms with Crippen LogP contribution in [0.3, 0.4) is 0 Å². The minimum Gasteiger partial charge on any atom is -1.00 e. The van der Waals surface area contributed by atoms with Crippen molar-refractivity contribution in [2.75, 3.05) is 6.16 Å². The minimum atomic E-state index is 0. The standard InChI is InChI=1S/C12H27P.Na.H/c1-2-3-4-5-6-7-8-9-10-11-12-13;;/h2-13H2,1H3;;/q;+1;-1. The molecular formula is C12H28NaP. The van der Waals surface area contributed by atoms with Gasteiger partial charge >= 0.3 is 29.6 Å². The van der Waals surface area contributed by atoms with E-state index in [1.807, 2.05) is 0 Å². The second-order valence-corrected chi connectivity index (χ2v) is 4.55. The van der Waals surface area contributed by atoms with E-state index in [-0.39, 0.29) is 31.0 Å². The first-order chi connectivity index (χ1) is 6.41. The Morgan fingerprint density at radius 3 is 1.43 bits per heavy atom. The van der Waals surface area contributed by atoms with E-state index in [1.54, 1.807) is 0 Å². The first kappa shape index (κ1) is 17.8. The molecule has 82 valence electrons. The molecule has 0 nitrogen and oxygen atoms in total. The molecule has 0 aliphatic rings. The Morgan fingerprint density at radius 1 is 0.714 bits per heavy atom. The Kier molecular flexibility index (Phi) is 21.4. The van der Waals surface area contributed by atoms with Crippen molar-refractivity contribution in [2.24, 2.45) is 0 Å². The van der Waals surface area contributed by atoms with E-state index in [4.69, 9.17) is 0 Å². The van der Waals surface area contributed by atoms with Crippen molar-refractivity contribution >= 4 is 9.24 Å². The summed E-state index contributed by atoms with van der Waals surface area (Å²) in [5.74, 6) is 0. The molecule has 1 atom stereocenters. The summed E-state index contributed by atoms with van der Waals surface area (Å²) >= 11 is 0. The van der Waals surface area contributed by atoms with E-state index in [0.29, 0.717) is 0 Å². The minimum absolute atomic E-state index is 0. The molecule has 0 N–H and O–H groups in total. The maximum Gasteiger partial charge on any atom is 1.00 e. The van der Waals surface area contributed by atoms with Crippen LogP contribution in [0.1, 0.15) is 72.6 Å². The van der Waals surface area contributed by atoms with Gasteiger partial charge in [-0.25, -0.2) is 0 Å². The molecule has 0 amide bonds. The van der Waals surface area contributed by atoms with Crippen molar-refractivity contribution in [3.8, 4) is 0 Å². The third-order valence-corrected chi connectivity index (χ3v) is 2.97. The maximum atomic E-state index is 2.81. The van der Waals surface area contributed by atoms with Gasteiger partial charge in [-0.1, -0.05) is 64.7 Å². The quantitative estimate of drug-likeness (QED) is 0.303. The molecule has 0 spiro atoms. The molecule has 14 heavy (non-hydrogen) atoms. The molecule has 0 aromatic heterocycles. The second-order valence-electron chi connectivity index (χ2n) is 3.97. The summed E-state index contributed by atoms with van der Waals surface area (Å²) in [6.07, 6.45) is 15.7. The van der Waals surface area contributed by atoms with Crippen LogP contribution in [0.25, 0.3) is 0 Å². The van der Waals surface area contributed by atoms with Gasteiger partial charge in [0.15, 0.2) is 0 Å². The van der Waals surface area contributed by atoms with Crippen LogP contribution in [0, 0.1) is 0 Å².